The lowest BCUT2D eigenvalue weighted by Gasteiger charge is -2.07. The van der Waals surface area contributed by atoms with Gasteiger partial charge in [-0.15, -0.1) is 11.3 Å². The summed E-state index contributed by atoms with van der Waals surface area (Å²) >= 11 is 3.36. The lowest BCUT2D eigenvalue weighted by atomic mass is 10.2. The quantitative estimate of drug-likeness (QED) is 0.332. The lowest BCUT2D eigenvalue weighted by molar-refractivity contribution is 0.378. The predicted octanol–water partition coefficient (Wildman–Crippen LogP) is 5.02. The smallest absolute Gasteiger partial charge is 0.227 e. The van der Waals surface area contributed by atoms with Gasteiger partial charge < -0.3 is 4.52 Å². The zero-order valence-corrected chi connectivity index (χ0v) is 16.0. The fraction of sp³-hybridized carbons (Fsp3) is 0.211. The fourth-order valence-electron chi connectivity index (χ4n) is 2.62. The first-order valence-corrected chi connectivity index (χ1v) is 10.3. The van der Waals surface area contributed by atoms with Crippen LogP contribution in [0.25, 0.3) is 16.4 Å². The van der Waals surface area contributed by atoms with Gasteiger partial charge in [-0.25, -0.2) is 4.98 Å². The molecule has 0 atom stereocenters. The molecule has 0 radical (unpaired) electrons. The maximum atomic E-state index is 5.35. The molecule has 0 aliphatic carbocycles. The Kier molecular flexibility index (Phi) is 5.17. The van der Waals surface area contributed by atoms with Gasteiger partial charge in [0, 0.05) is 30.3 Å². The van der Waals surface area contributed by atoms with Crippen molar-refractivity contribution in [2.45, 2.75) is 24.9 Å². The van der Waals surface area contributed by atoms with Crippen LogP contribution in [0.1, 0.15) is 17.9 Å². The normalized spacial score (nSPS) is 11.1. The average molecular weight is 383 g/mol. The van der Waals surface area contributed by atoms with Crippen molar-refractivity contribution in [3.05, 3.63) is 65.6 Å². The third-order valence-corrected chi connectivity index (χ3v) is 5.78. The third-order valence-electron chi connectivity index (χ3n) is 3.86. The second-order valence-electron chi connectivity index (χ2n) is 5.86. The van der Waals surface area contributed by atoms with Crippen molar-refractivity contribution in [2.24, 2.45) is 0 Å². The first-order chi connectivity index (χ1) is 12.8. The summed E-state index contributed by atoms with van der Waals surface area (Å²) in [4.78, 5) is 9.98. The first kappa shape index (κ1) is 17.1. The van der Waals surface area contributed by atoms with Crippen molar-refractivity contribution in [3.8, 4) is 16.4 Å². The molecular weight excluding hydrogens is 364 g/mol. The molecule has 4 rings (SSSR count). The molecule has 0 saturated carbocycles. The molecule has 3 heterocycles. The van der Waals surface area contributed by atoms with Crippen molar-refractivity contribution in [3.63, 3.8) is 0 Å². The van der Waals surface area contributed by atoms with Gasteiger partial charge in [0.2, 0.25) is 11.7 Å². The van der Waals surface area contributed by atoms with Crippen molar-refractivity contribution in [1.82, 2.24) is 19.7 Å². The topological polar surface area (TPSA) is 56.7 Å². The zero-order chi connectivity index (χ0) is 17.8. The fourth-order valence-corrected chi connectivity index (χ4v) is 4.18. The summed E-state index contributed by atoms with van der Waals surface area (Å²) in [6, 6.07) is 12.4. The number of benzene rings is 1. The maximum absolute atomic E-state index is 5.35. The second-order valence-corrected chi connectivity index (χ2v) is 7.87. The lowest BCUT2D eigenvalue weighted by Crippen LogP contribution is -1.96. The van der Waals surface area contributed by atoms with Crippen molar-refractivity contribution in [2.75, 3.05) is 5.75 Å². The van der Waals surface area contributed by atoms with E-state index in [1.165, 1.54) is 5.56 Å². The summed E-state index contributed by atoms with van der Waals surface area (Å²) in [5.74, 6) is 2.31. The highest BCUT2D eigenvalue weighted by molar-refractivity contribution is 7.99. The summed E-state index contributed by atoms with van der Waals surface area (Å²) in [6.45, 7) is 2.10. The largest absolute Gasteiger partial charge is 0.339 e. The predicted molar refractivity (Wildman–Crippen MR) is 105 cm³/mol. The van der Waals surface area contributed by atoms with E-state index in [9.17, 15) is 0 Å². The van der Waals surface area contributed by atoms with E-state index >= 15 is 0 Å². The molecule has 0 unspecified atom stereocenters. The molecule has 0 bridgehead atoms. The van der Waals surface area contributed by atoms with Gasteiger partial charge in [0.05, 0.1) is 4.88 Å². The molecule has 0 amide bonds. The molecule has 0 aliphatic rings. The van der Waals surface area contributed by atoms with Crippen molar-refractivity contribution in [1.29, 1.82) is 0 Å². The summed E-state index contributed by atoms with van der Waals surface area (Å²) < 4.78 is 7.47. The number of hydrogen-bond donors (Lipinski definition) is 0. The van der Waals surface area contributed by atoms with Crippen LogP contribution in [0, 0.1) is 6.92 Å². The average Bonchev–Trinajstić information content (AvgIpc) is 3.39. The highest BCUT2D eigenvalue weighted by Gasteiger charge is 2.10. The van der Waals surface area contributed by atoms with Crippen LogP contribution in [0.15, 0.2) is 63.9 Å². The van der Waals surface area contributed by atoms with Crippen LogP contribution in [-0.2, 0) is 6.42 Å². The molecule has 0 fully saturated rings. The molecule has 3 aromatic heterocycles. The molecule has 7 heteroatoms. The highest BCUT2D eigenvalue weighted by atomic mass is 32.2. The van der Waals surface area contributed by atoms with Crippen LogP contribution in [0.5, 0.6) is 0 Å². The van der Waals surface area contributed by atoms with Crippen LogP contribution >= 0.6 is 23.1 Å². The zero-order valence-electron chi connectivity index (χ0n) is 14.3. The Morgan fingerprint density at radius 2 is 2.19 bits per heavy atom. The molecule has 1 aromatic carbocycles. The Bertz CT molecular complexity index is 975. The van der Waals surface area contributed by atoms with Gasteiger partial charge in [-0.05, 0) is 42.5 Å². The molecule has 0 N–H and O–H groups in total. The summed E-state index contributed by atoms with van der Waals surface area (Å²) in [7, 11) is 0. The Morgan fingerprint density at radius 1 is 1.23 bits per heavy atom. The van der Waals surface area contributed by atoms with Crippen molar-refractivity contribution >= 4 is 23.1 Å². The van der Waals surface area contributed by atoms with E-state index in [1.54, 1.807) is 23.1 Å². The summed E-state index contributed by atoms with van der Waals surface area (Å²) in [5.41, 5.74) is 2.38. The number of aryl methyl sites for hydroxylation is 2. The standard InChI is InChI=1S/C19H18N4OS2/c1-14-5-2-6-15(13-14)23-10-9-20-19(23)26-12-4-8-17-21-18(22-24-17)16-7-3-11-25-16/h2-3,5-7,9-11,13H,4,8,12H2,1H3. The number of thioether (sulfide) groups is 1. The van der Waals surface area contributed by atoms with Gasteiger partial charge in [0.15, 0.2) is 5.16 Å². The van der Waals surface area contributed by atoms with E-state index in [0.29, 0.717) is 11.7 Å². The molecule has 0 saturated heterocycles. The molecular formula is C19H18N4OS2. The Hall–Kier alpha value is -2.38. The molecule has 132 valence electrons. The van der Waals surface area contributed by atoms with Gasteiger partial charge in [-0.1, -0.05) is 35.1 Å². The SMILES string of the molecule is Cc1cccc(-n2ccnc2SCCCc2nc(-c3cccs3)no2)c1. The van der Waals surface area contributed by atoms with Crippen LogP contribution < -0.4 is 0 Å². The number of imidazole rings is 1. The monoisotopic (exact) mass is 382 g/mol. The number of hydrogen-bond acceptors (Lipinski definition) is 6. The number of nitrogens with zero attached hydrogens (tertiary/aromatic N) is 4. The minimum absolute atomic E-state index is 0.678. The Balaban J connectivity index is 1.33. The van der Waals surface area contributed by atoms with Gasteiger partial charge in [-0.2, -0.15) is 4.98 Å². The first-order valence-electron chi connectivity index (χ1n) is 8.39. The van der Waals surface area contributed by atoms with Crippen LogP contribution in [0.2, 0.25) is 0 Å². The molecule has 0 aliphatic heterocycles. The van der Waals surface area contributed by atoms with Gasteiger partial charge >= 0.3 is 0 Å². The third kappa shape index (κ3) is 3.89. The number of aromatic nitrogens is 4. The van der Waals surface area contributed by atoms with Crippen LogP contribution in [-0.4, -0.2) is 25.4 Å². The van der Waals surface area contributed by atoms with Crippen LogP contribution in [0.3, 0.4) is 0 Å². The highest BCUT2D eigenvalue weighted by Crippen LogP contribution is 2.24. The van der Waals surface area contributed by atoms with E-state index in [0.717, 1.165) is 34.3 Å². The minimum Gasteiger partial charge on any atom is -0.339 e. The number of thiophene rings is 1. The second kappa shape index (κ2) is 7.88. The van der Waals surface area contributed by atoms with Gasteiger partial charge in [0.1, 0.15) is 0 Å². The molecule has 0 spiro atoms. The van der Waals surface area contributed by atoms with Gasteiger partial charge in [0.25, 0.3) is 0 Å². The summed E-state index contributed by atoms with van der Waals surface area (Å²) in [6.07, 6.45) is 5.58. The maximum Gasteiger partial charge on any atom is 0.227 e. The van der Waals surface area contributed by atoms with Gasteiger partial charge in [-0.3, -0.25) is 4.57 Å². The van der Waals surface area contributed by atoms with E-state index in [4.69, 9.17) is 4.52 Å². The molecule has 4 aromatic rings. The number of rotatable bonds is 7. The minimum atomic E-state index is 0.678. The van der Waals surface area contributed by atoms with E-state index in [2.05, 4.69) is 50.9 Å². The van der Waals surface area contributed by atoms with E-state index < -0.39 is 0 Å². The van der Waals surface area contributed by atoms with Crippen LogP contribution in [0.4, 0.5) is 0 Å². The van der Waals surface area contributed by atoms with Crippen molar-refractivity contribution < 1.29 is 4.52 Å². The van der Waals surface area contributed by atoms with E-state index in [1.807, 2.05) is 29.9 Å². The molecule has 26 heavy (non-hydrogen) atoms. The Labute approximate surface area is 160 Å². The van der Waals surface area contributed by atoms with E-state index in [-0.39, 0.29) is 0 Å². The Morgan fingerprint density at radius 3 is 3.04 bits per heavy atom. The molecule has 5 nitrogen and oxygen atoms in total. The summed E-state index contributed by atoms with van der Waals surface area (Å²) in [5, 5.41) is 7.06.